The zero-order valence-corrected chi connectivity index (χ0v) is 10.8. The van der Waals surface area contributed by atoms with Crippen LogP contribution in [0.4, 0.5) is 0 Å². The third-order valence-electron chi connectivity index (χ3n) is 5.92. The molecule has 0 radical (unpaired) electrons. The molecular weight excluding hydrogens is 374 g/mol. The maximum Gasteiger partial charge on any atom is 0.0178 e. The molecule has 6 aliphatic rings. The lowest BCUT2D eigenvalue weighted by Crippen LogP contribution is -2.61. The topological polar surface area (TPSA) is 0 Å². The van der Waals surface area contributed by atoms with E-state index < -0.39 is 0 Å². The molecule has 64 valence electrons. The molecule has 0 N–H and O–H groups in total. The second-order valence-electron chi connectivity index (χ2n) is 5.51. The van der Waals surface area contributed by atoms with Crippen molar-refractivity contribution in [2.24, 2.45) is 47.3 Å². The highest BCUT2D eigenvalue weighted by Gasteiger charge is 2.88. The van der Waals surface area contributed by atoms with E-state index in [1.165, 1.54) is 47.3 Å². The van der Waals surface area contributed by atoms with Crippen LogP contribution in [0.5, 0.6) is 0 Å². The van der Waals surface area contributed by atoms with Gasteiger partial charge in [0.1, 0.15) is 0 Å². The lowest BCUT2D eigenvalue weighted by Gasteiger charge is -2.63. The average molecular weight is 384 g/mol. The standard InChI is InChI=1S/C10H10I2/c11-9-5-1-2-4(5)8-7(9)3(1)6(2)10(8)12/h1-10H/t1-,2+,3-,4+,5-,6-,7+,8-,9+,10+/m1/s1. The summed E-state index contributed by atoms with van der Waals surface area (Å²) in [4.78, 5) is 0. The van der Waals surface area contributed by atoms with Gasteiger partial charge in [0.25, 0.3) is 0 Å². The first-order valence-corrected chi connectivity index (χ1v) is 7.59. The van der Waals surface area contributed by atoms with E-state index in [4.69, 9.17) is 0 Å². The van der Waals surface area contributed by atoms with Crippen LogP contribution in [0.2, 0.25) is 0 Å². The second-order valence-corrected chi connectivity index (χ2v) is 8.38. The summed E-state index contributed by atoms with van der Waals surface area (Å²) >= 11 is 5.57. The summed E-state index contributed by atoms with van der Waals surface area (Å²) in [5.41, 5.74) is 0. The van der Waals surface area contributed by atoms with Crippen molar-refractivity contribution in [2.45, 2.75) is 7.85 Å². The Morgan fingerprint density at radius 1 is 0.417 bits per heavy atom. The van der Waals surface area contributed by atoms with Gasteiger partial charge in [0, 0.05) is 7.85 Å². The molecule has 6 aliphatic carbocycles. The zero-order valence-electron chi connectivity index (χ0n) is 6.53. The van der Waals surface area contributed by atoms with Crippen molar-refractivity contribution < 1.29 is 0 Å². The maximum absolute atomic E-state index is 2.78. The van der Waals surface area contributed by atoms with Crippen molar-refractivity contribution in [3.05, 3.63) is 0 Å². The van der Waals surface area contributed by atoms with Crippen molar-refractivity contribution in [3.8, 4) is 0 Å². The summed E-state index contributed by atoms with van der Waals surface area (Å²) in [6.45, 7) is 0. The van der Waals surface area contributed by atoms with Crippen LogP contribution < -0.4 is 0 Å². The molecule has 0 nitrogen and oxygen atoms in total. The Bertz CT molecular complexity index is 268. The van der Waals surface area contributed by atoms with Gasteiger partial charge in [-0.15, -0.1) is 0 Å². The van der Waals surface area contributed by atoms with E-state index in [0.29, 0.717) is 0 Å². The van der Waals surface area contributed by atoms with E-state index in [-0.39, 0.29) is 0 Å². The quantitative estimate of drug-likeness (QED) is 0.445. The van der Waals surface area contributed by atoms with E-state index in [2.05, 4.69) is 45.2 Å². The van der Waals surface area contributed by atoms with Gasteiger partial charge in [-0.25, -0.2) is 0 Å². The summed E-state index contributed by atoms with van der Waals surface area (Å²) in [7, 11) is 0. The van der Waals surface area contributed by atoms with Crippen LogP contribution in [0.3, 0.4) is 0 Å². The first kappa shape index (κ1) is 6.85. The van der Waals surface area contributed by atoms with Gasteiger partial charge < -0.3 is 0 Å². The summed E-state index contributed by atoms with van der Waals surface area (Å²) in [5, 5.41) is 0. The molecular formula is C10H10I2. The number of hydrogen-bond acceptors (Lipinski definition) is 0. The fraction of sp³-hybridized carbons (Fsp3) is 1.00. The Morgan fingerprint density at radius 2 is 0.667 bits per heavy atom. The molecule has 6 saturated carbocycles. The molecule has 10 atom stereocenters. The molecule has 0 aromatic carbocycles. The van der Waals surface area contributed by atoms with Crippen molar-refractivity contribution in [1.29, 1.82) is 0 Å². The van der Waals surface area contributed by atoms with E-state index in [1.54, 1.807) is 0 Å². The largest absolute Gasteiger partial charge is 0.0820 e. The lowest BCUT2D eigenvalue weighted by atomic mass is 9.41. The first-order chi connectivity index (χ1) is 5.82. The molecule has 4 bridgehead atoms. The molecule has 12 heavy (non-hydrogen) atoms. The third kappa shape index (κ3) is 0.380. The van der Waals surface area contributed by atoms with Gasteiger partial charge in [0.15, 0.2) is 0 Å². The number of hydrogen-bond donors (Lipinski definition) is 0. The average Bonchev–Trinajstić information content (AvgIpc) is 2.45. The highest BCUT2D eigenvalue weighted by molar-refractivity contribution is 14.1. The van der Waals surface area contributed by atoms with Crippen molar-refractivity contribution in [3.63, 3.8) is 0 Å². The van der Waals surface area contributed by atoms with Crippen molar-refractivity contribution >= 4 is 45.2 Å². The van der Waals surface area contributed by atoms with Crippen LogP contribution >= 0.6 is 45.2 Å². The summed E-state index contributed by atoms with van der Waals surface area (Å²) < 4.78 is 2.21. The Morgan fingerprint density at radius 3 is 1.00 bits per heavy atom. The maximum atomic E-state index is 2.78. The van der Waals surface area contributed by atoms with Crippen molar-refractivity contribution in [2.75, 3.05) is 0 Å². The summed E-state index contributed by atoms with van der Waals surface area (Å²) in [6, 6.07) is 0. The van der Waals surface area contributed by atoms with Gasteiger partial charge >= 0.3 is 0 Å². The normalized spacial score (nSPS) is 90.5. The highest BCUT2D eigenvalue weighted by Crippen LogP contribution is 2.90. The van der Waals surface area contributed by atoms with E-state index in [1.807, 2.05) is 0 Å². The molecule has 0 aromatic heterocycles. The Balaban J connectivity index is 1.83. The summed E-state index contributed by atoms with van der Waals surface area (Å²) in [6.07, 6.45) is 0. The fourth-order valence-corrected chi connectivity index (χ4v) is 9.86. The lowest BCUT2D eigenvalue weighted by molar-refractivity contribution is -0.168. The van der Waals surface area contributed by atoms with Gasteiger partial charge in [0.2, 0.25) is 0 Å². The van der Waals surface area contributed by atoms with Gasteiger partial charge in [-0.3, -0.25) is 0 Å². The number of rotatable bonds is 0. The van der Waals surface area contributed by atoms with Crippen LogP contribution in [-0.2, 0) is 0 Å². The third-order valence-corrected chi connectivity index (χ3v) is 9.24. The van der Waals surface area contributed by atoms with Gasteiger partial charge in [0.05, 0.1) is 0 Å². The monoisotopic (exact) mass is 384 g/mol. The van der Waals surface area contributed by atoms with Gasteiger partial charge in [-0.1, -0.05) is 45.2 Å². The minimum absolute atomic E-state index is 1.11. The first-order valence-electron chi connectivity index (χ1n) is 5.10. The number of halogens is 2. The molecule has 0 amide bonds. The predicted octanol–water partition coefficient (Wildman–Crippen LogP) is 2.59. The molecule has 0 unspecified atom stereocenters. The van der Waals surface area contributed by atoms with E-state index in [0.717, 1.165) is 7.85 Å². The van der Waals surface area contributed by atoms with Crippen LogP contribution in [0.15, 0.2) is 0 Å². The highest BCUT2D eigenvalue weighted by atomic mass is 127. The minimum atomic E-state index is 1.11. The molecule has 6 fully saturated rings. The van der Waals surface area contributed by atoms with Gasteiger partial charge in [-0.05, 0) is 47.3 Å². The van der Waals surface area contributed by atoms with Gasteiger partial charge in [-0.2, -0.15) is 0 Å². The van der Waals surface area contributed by atoms with Crippen LogP contribution in [-0.4, -0.2) is 7.85 Å². The minimum Gasteiger partial charge on any atom is -0.0820 e. The molecule has 0 saturated heterocycles. The molecule has 0 aliphatic heterocycles. The van der Waals surface area contributed by atoms with Crippen molar-refractivity contribution in [1.82, 2.24) is 0 Å². The second kappa shape index (κ2) is 1.65. The van der Waals surface area contributed by atoms with Crippen LogP contribution in [0.1, 0.15) is 0 Å². The Hall–Kier alpha value is 1.46. The van der Waals surface area contributed by atoms with E-state index in [9.17, 15) is 0 Å². The molecule has 2 heteroatoms. The Kier molecular flexibility index (Phi) is 0.944. The zero-order chi connectivity index (χ0) is 7.77. The SMILES string of the molecule is I[C@@H]1[C@H]2[C@H]3[C@@H](I)[C@H]4[C@@H]2[C@H]2[C@@H]1[C@H]3[C@H]42. The van der Waals surface area contributed by atoms with Crippen LogP contribution in [0.25, 0.3) is 0 Å². The predicted molar refractivity (Wildman–Crippen MR) is 63.5 cm³/mol. The smallest absolute Gasteiger partial charge is 0.0178 e. The molecule has 0 heterocycles. The van der Waals surface area contributed by atoms with E-state index >= 15 is 0 Å². The molecule has 0 aromatic rings. The fourth-order valence-electron chi connectivity index (χ4n) is 6.03. The number of alkyl halides is 2. The summed E-state index contributed by atoms with van der Waals surface area (Å²) in [5.74, 6) is 9.80. The molecule has 0 spiro atoms. The molecule has 6 rings (SSSR count). The van der Waals surface area contributed by atoms with Crippen LogP contribution in [0, 0.1) is 47.3 Å². The Labute approximate surface area is 99.5 Å².